The SMILES string of the molecule is O=C(NCC1CCCS1(=O)=O)c1cnccc1Cl. The Morgan fingerprint density at radius 2 is 2.33 bits per heavy atom. The molecule has 1 N–H and O–H groups in total. The van der Waals surface area contributed by atoms with Gasteiger partial charge in [0, 0.05) is 18.9 Å². The lowest BCUT2D eigenvalue weighted by molar-refractivity contribution is 0.0953. The van der Waals surface area contributed by atoms with Crippen molar-refractivity contribution in [3.05, 3.63) is 29.0 Å². The van der Waals surface area contributed by atoms with E-state index in [1.165, 1.54) is 18.5 Å². The Kier molecular flexibility index (Phi) is 3.87. The van der Waals surface area contributed by atoms with Crippen LogP contribution < -0.4 is 5.32 Å². The third-order valence-corrected chi connectivity index (χ3v) is 5.57. The summed E-state index contributed by atoms with van der Waals surface area (Å²) < 4.78 is 23.2. The lowest BCUT2D eigenvalue weighted by atomic mass is 10.2. The molecule has 1 aliphatic heterocycles. The van der Waals surface area contributed by atoms with E-state index in [0.717, 1.165) is 0 Å². The fourth-order valence-corrected chi connectivity index (χ4v) is 3.89. The van der Waals surface area contributed by atoms with Crippen molar-refractivity contribution in [2.45, 2.75) is 18.1 Å². The van der Waals surface area contributed by atoms with Crippen molar-refractivity contribution < 1.29 is 13.2 Å². The zero-order valence-corrected chi connectivity index (χ0v) is 11.2. The third-order valence-electron chi connectivity index (χ3n) is 2.97. The molecule has 0 aromatic carbocycles. The first-order chi connectivity index (χ1) is 8.50. The molecule has 1 unspecified atom stereocenters. The summed E-state index contributed by atoms with van der Waals surface area (Å²) in [4.78, 5) is 15.6. The second-order valence-corrected chi connectivity index (χ2v) is 7.00. The third kappa shape index (κ3) is 2.81. The molecular formula is C11H13ClN2O3S. The first kappa shape index (κ1) is 13.3. The summed E-state index contributed by atoms with van der Waals surface area (Å²) in [6.07, 6.45) is 4.11. The minimum atomic E-state index is -3.04. The number of pyridine rings is 1. The van der Waals surface area contributed by atoms with Crippen molar-refractivity contribution >= 4 is 27.3 Å². The van der Waals surface area contributed by atoms with Crippen LogP contribution in [-0.4, -0.2) is 36.9 Å². The molecule has 1 amide bonds. The van der Waals surface area contributed by atoms with E-state index in [-0.39, 0.29) is 17.9 Å². The van der Waals surface area contributed by atoms with Crippen LogP contribution in [0, 0.1) is 0 Å². The van der Waals surface area contributed by atoms with Gasteiger partial charge in [-0.3, -0.25) is 9.78 Å². The summed E-state index contributed by atoms with van der Waals surface area (Å²) in [6.45, 7) is 0.131. The summed E-state index contributed by atoms with van der Waals surface area (Å²) in [5, 5.41) is 2.42. The number of amides is 1. The number of nitrogens with one attached hydrogen (secondary N) is 1. The summed E-state index contributed by atoms with van der Waals surface area (Å²) >= 11 is 5.85. The molecule has 18 heavy (non-hydrogen) atoms. The van der Waals surface area contributed by atoms with E-state index in [4.69, 9.17) is 11.6 Å². The van der Waals surface area contributed by atoms with Gasteiger partial charge in [0.1, 0.15) is 0 Å². The van der Waals surface area contributed by atoms with Gasteiger partial charge < -0.3 is 5.32 Å². The van der Waals surface area contributed by atoms with Crippen molar-refractivity contribution in [2.24, 2.45) is 0 Å². The number of hydrogen-bond acceptors (Lipinski definition) is 4. The average molecular weight is 289 g/mol. The van der Waals surface area contributed by atoms with Crippen molar-refractivity contribution in [3.8, 4) is 0 Å². The molecule has 7 heteroatoms. The lowest BCUT2D eigenvalue weighted by Gasteiger charge is -2.11. The number of sulfone groups is 1. The molecule has 1 aromatic heterocycles. The lowest BCUT2D eigenvalue weighted by Crippen LogP contribution is -2.34. The minimum Gasteiger partial charge on any atom is -0.351 e. The van der Waals surface area contributed by atoms with Crippen molar-refractivity contribution in [3.63, 3.8) is 0 Å². The van der Waals surface area contributed by atoms with Gasteiger partial charge in [-0.25, -0.2) is 8.42 Å². The molecule has 98 valence electrons. The number of nitrogens with zero attached hydrogens (tertiary/aromatic N) is 1. The van der Waals surface area contributed by atoms with Crippen LogP contribution in [-0.2, 0) is 9.84 Å². The van der Waals surface area contributed by atoms with Crippen LogP contribution in [0.1, 0.15) is 23.2 Å². The van der Waals surface area contributed by atoms with E-state index in [2.05, 4.69) is 10.3 Å². The Morgan fingerprint density at radius 3 is 2.94 bits per heavy atom. The zero-order chi connectivity index (χ0) is 13.2. The maximum atomic E-state index is 11.8. The van der Waals surface area contributed by atoms with Gasteiger partial charge in [-0.05, 0) is 18.9 Å². The van der Waals surface area contributed by atoms with Gasteiger partial charge in [0.2, 0.25) is 0 Å². The second kappa shape index (κ2) is 5.24. The Hall–Kier alpha value is -1.14. The summed E-state index contributed by atoms with van der Waals surface area (Å²) in [5.41, 5.74) is 0.259. The molecule has 1 fully saturated rings. The van der Waals surface area contributed by atoms with Crippen molar-refractivity contribution in [1.82, 2.24) is 10.3 Å². The Morgan fingerprint density at radius 1 is 1.56 bits per heavy atom. The molecule has 2 heterocycles. The van der Waals surface area contributed by atoms with E-state index in [1.54, 1.807) is 0 Å². The highest BCUT2D eigenvalue weighted by atomic mass is 35.5. The molecular weight excluding hydrogens is 276 g/mol. The minimum absolute atomic E-state index is 0.131. The van der Waals surface area contributed by atoms with Gasteiger partial charge in [-0.1, -0.05) is 11.6 Å². The summed E-state index contributed by atoms with van der Waals surface area (Å²) in [6, 6.07) is 1.52. The molecule has 0 aliphatic carbocycles. The van der Waals surface area contributed by atoms with Gasteiger partial charge in [-0.15, -0.1) is 0 Å². The topological polar surface area (TPSA) is 76.1 Å². The van der Waals surface area contributed by atoms with Crippen LogP contribution in [0.2, 0.25) is 5.02 Å². The molecule has 0 spiro atoms. The molecule has 1 aliphatic rings. The van der Waals surface area contributed by atoms with E-state index in [1.807, 2.05) is 0 Å². The van der Waals surface area contributed by atoms with Crippen LogP contribution in [0.3, 0.4) is 0 Å². The molecule has 0 bridgehead atoms. The van der Waals surface area contributed by atoms with Crippen LogP contribution in [0.4, 0.5) is 0 Å². The van der Waals surface area contributed by atoms with Gasteiger partial charge in [-0.2, -0.15) is 0 Å². The van der Waals surface area contributed by atoms with Gasteiger partial charge in [0.05, 0.1) is 21.6 Å². The molecule has 5 nitrogen and oxygen atoms in total. The Balaban J connectivity index is 1.99. The van der Waals surface area contributed by atoms with Crippen LogP contribution >= 0.6 is 11.6 Å². The number of carbonyl (C=O) groups excluding carboxylic acids is 1. The second-order valence-electron chi connectivity index (χ2n) is 4.20. The number of halogens is 1. The monoisotopic (exact) mass is 288 g/mol. The normalized spacial score (nSPS) is 21.7. The molecule has 1 saturated heterocycles. The molecule has 2 rings (SSSR count). The Labute approximate surface area is 110 Å². The highest BCUT2D eigenvalue weighted by Crippen LogP contribution is 2.19. The highest BCUT2D eigenvalue weighted by molar-refractivity contribution is 7.92. The first-order valence-corrected chi connectivity index (χ1v) is 7.69. The summed E-state index contributed by atoms with van der Waals surface area (Å²) in [7, 11) is -3.04. The van der Waals surface area contributed by atoms with E-state index in [0.29, 0.717) is 17.9 Å². The maximum absolute atomic E-state index is 11.8. The van der Waals surface area contributed by atoms with E-state index >= 15 is 0 Å². The van der Waals surface area contributed by atoms with Crippen LogP contribution in [0.5, 0.6) is 0 Å². The zero-order valence-electron chi connectivity index (χ0n) is 9.60. The maximum Gasteiger partial charge on any atom is 0.254 e. The predicted molar refractivity (Wildman–Crippen MR) is 68.4 cm³/mol. The van der Waals surface area contributed by atoms with Crippen LogP contribution in [0.15, 0.2) is 18.5 Å². The number of carbonyl (C=O) groups is 1. The molecule has 0 saturated carbocycles. The number of rotatable bonds is 3. The smallest absolute Gasteiger partial charge is 0.254 e. The van der Waals surface area contributed by atoms with Gasteiger partial charge in [0.15, 0.2) is 9.84 Å². The van der Waals surface area contributed by atoms with E-state index in [9.17, 15) is 13.2 Å². The molecule has 1 atom stereocenters. The summed E-state index contributed by atoms with van der Waals surface area (Å²) in [5.74, 6) is -0.184. The average Bonchev–Trinajstić information content (AvgIpc) is 2.66. The predicted octanol–water partition coefficient (Wildman–Crippen LogP) is 1.04. The molecule has 0 radical (unpaired) electrons. The van der Waals surface area contributed by atoms with Crippen LogP contribution in [0.25, 0.3) is 0 Å². The van der Waals surface area contributed by atoms with E-state index < -0.39 is 21.0 Å². The number of aromatic nitrogens is 1. The standard InChI is InChI=1S/C11H13ClN2O3S/c12-10-3-4-13-7-9(10)11(15)14-6-8-2-1-5-18(8,16)17/h3-4,7-8H,1-2,5-6H2,(H,14,15). The van der Waals surface area contributed by atoms with Gasteiger partial charge in [0.25, 0.3) is 5.91 Å². The van der Waals surface area contributed by atoms with Crippen molar-refractivity contribution in [2.75, 3.05) is 12.3 Å². The highest BCUT2D eigenvalue weighted by Gasteiger charge is 2.31. The fraction of sp³-hybridized carbons (Fsp3) is 0.455. The molecule has 1 aromatic rings. The van der Waals surface area contributed by atoms with Gasteiger partial charge >= 0.3 is 0 Å². The van der Waals surface area contributed by atoms with Crippen molar-refractivity contribution in [1.29, 1.82) is 0 Å². The fourth-order valence-electron chi connectivity index (χ4n) is 1.93. The first-order valence-electron chi connectivity index (χ1n) is 5.60. The number of hydrogen-bond donors (Lipinski definition) is 1. The quantitative estimate of drug-likeness (QED) is 0.902. The largest absolute Gasteiger partial charge is 0.351 e. The Bertz CT molecular complexity index is 559.